The molecule has 2 nitrogen and oxygen atoms in total. The Morgan fingerprint density at radius 1 is 1.05 bits per heavy atom. The molecule has 3 rings (SSSR count). The molecule has 0 atom stereocenters. The van der Waals surface area contributed by atoms with Gasteiger partial charge in [-0.05, 0) is 18.1 Å². The second-order valence-corrected chi connectivity index (χ2v) is 5.28. The molecule has 0 amide bonds. The highest BCUT2D eigenvalue weighted by Crippen LogP contribution is 2.37. The van der Waals surface area contributed by atoms with Crippen LogP contribution in [-0.4, -0.2) is 9.97 Å². The first-order valence-electron chi connectivity index (χ1n) is 6.63. The number of alkyl halides is 3. The minimum Gasteiger partial charge on any atom is -0.255 e. The smallest absolute Gasteiger partial charge is 0.255 e. The number of rotatable bonds is 1. The first-order valence-corrected chi connectivity index (χ1v) is 6.63. The maximum atomic E-state index is 13.3. The van der Waals surface area contributed by atoms with Gasteiger partial charge in [-0.1, -0.05) is 32.0 Å². The number of pyridine rings is 2. The minimum absolute atomic E-state index is 0.0469. The molecule has 0 spiro atoms. The fraction of sp³-hybridized carbons (Fsp3) is 0.250. The minimum atomic E-state index is -4.42. The number of benzene rings is 1. The van der Waals surface area contributed by atoms with Gasteiger partial charge < -0.3 is 0 Å². The molecular weight excluding hydrogens is 277 g/mol. The van der Waals surface area contributed by atoms with Crippen molar-refractivity contribution in [3.63, 3.8) is 0 Å². The lowest BCUT2D eigenvalue weighted by atomic mass is 10.0. The quantitative estimate of drug-likeness (QED) is 0.594. The van der Waals surface area contributed by atoms with E-state index in [2.05, 4.69) is 9.97 Å². The average molecular weight is 290 g/mol. The molecule has 0 aliphatic rings. The van der Waals surface area contributed by atoms with Gasteiger partial charge in [-0.2, -0.15) is 13.2 Å². The van der Waals surface area contributed by atoms with E-state index in [4.69, 9.17) is 0 Å². The number of fused-ring (bicyclic) bond motifs is 3. The van der Waals surface area contributed by atoms with Crippen LogP contribution in [0.5, 0.6) is 0 Å². The number of hydrogen-bond donors (Lipinski definition) is 0. The third-order valence-corrected chi connectivity index (χ3v) is 3.47. The van der Waals surface area contributed by atoms with E-state index in [1.807, 2.05) is 13.8 Å². The van der Waals surface area contributed by atoms with Gasteiger partial charge >= 0.3 is 6.18 Å². The Morgan fingerprint density at radius 3 is 2.43 bits per heavy atom. The van der Waals surface area contributed by atoms with Gasteiger partial charge in [0.2, 0.25) is 0 Å². The largest absolute Gasteiger partial charge is 0.417 e. The van der Waals surface area contributed by atoms with Crippen LogP contribution in [0.3, 0.4) is 0 Å². The highest BCUT2D eigenvalue weighted by Gasteiger charge is 2.34. The third kappa shape index (κ3) is 2.33. The van der Waals surface area contributed by atoms with Crippen molar-refractivity contribution in [2.75, 3.05) is 0 Å². The number of para-hydroxylation sites is 1. The fourth-order valence-electron chi connectivity index (χ4n) is 2.36. The zero-order valence-corrected chi connectivity index (χ0v) is 11.6. The van der Waals surface area contributed by atoms with E-state index in [0.717, 1.165) is 6.07 Å². The summed E-state index contributed by atoms with van der Waals surface area (Å²) in [6, 6.07) is 8.23. The second kappa shape index (κ2) is 4.69. The van der Waals surface area contributed by atoms with Gasteiger partial charge in [0.1, 0.15) is 0 Å². The zero-order valence-electron chi connectivity index (χ0n) is 11.6. The maximum absolute atomic E-state index is 13.3. The van der Waals surface area contributed by atoms with Gasteiger partial charge in [0.05, 0.1) is 16.6 Å². The van der Waals surface area contributed by atoms with Crippen molar-refractivity contribution in [1.82, 2.24) is 9.97 Å². The topological polar surface area (TPSA) is 25.8 Å². The van der Waals surface area contributed by atoms with Gasteiger partial charge in [0.25, 0.3) is 0 Å². The van der Waals surface area contributed by atoms with Crippen molar-refractivity contribution in [3.05, 3.63) is 47.8 Å². The van der Waals surface area contributed by atoms with Gasteiger partial charge in [-0.3, -0.25) is 9.97 Å². The van der Waals surface area contributed by atoms with Crippen LogP contribution in [-0.2, 0) is 6.18 Å². The molecule has 21 heavy (non-hydrogen) atoms. The van der Waals surface area contributed by atoms with Crippen molar-refractivity contribution >= 4 is 21.8 Å². The molecule has 0 saturated heterocycles. The molecule has 2 heterocycles. The van der Waals surface area contributed by atoms with E-state index in [-0.39, 0.29) is 11.3 Å². The second-order valence-electron chi connectivity index (χ2n) is 5.28. The van der Waals surface area contributed by atoms with Crippen molar-refractivity contribution < 1.29 is 13.2 Å². The van der Waals surface area contributed by atoms with Crippen LogP contribution in [0.4, 0.5) is 13.2 Å². The molecule has 3 aromatic rings. The summed E-state index contributed by atoms with van der Waals surface area (Å²) in [6.45, 7) is 3.66. The van der Waals surface area contributed by atoms with Crippen LogP contribution >= 0.6 is 0 Å². The normalized spacial score (nSPS) is 12.5. The highest BCUT2D eigenvalue weighted by atomic mass is 19.4. The standard InChI is InChI=1S/C16H13F3N2/c1-9(2)14-7-12(16(17,18)19)11-8-20-13-6-4-3-5-10(13)15(11)21-14/h3-9H,1-2H3. The fourth-order valence-corrected chi connectivity index (χ4v) is 2.36. The summed E-state index contributed by atoms with van der Waals surface area (Å²) < 4.78 is 39.9. The summed E-state index contributed by atoms with van der Waals surface area (Å²) in [5, 5.41) is 0.689. The Labute approximate surface area is 119 Å². The van der Waals surface area contributed by atoms with Gasteiger partial charge in [0.15, 0.2) is 0 Å². The summed E-state index contributed by atoms with van der Waals surface area (Å²) in [5.41, 5.74) is 0.770. The van der Waals surface area contributed by atoms with Crippen molar-refractivity contribution in [2.24, 2.45) is 0 Å². The SMILES string of the molecule is CC(C)c1cc(C(F)(F)F)c2cnc3ccccc3c2n1. The van der Waals surface area contributed by atoms with Crippen LogP contribution in [0, 0.1) is 0 Å². The van der Waals surface area contributed by atoms with E-state index >= 15 is 0 Å². The molecule has 0 aliphatic carbocycles. The lowest BCUT2D eigenvalue weighted by Gasteiger charge is -2.14. The Bertz CT molecular complexity index is 823. The molecular formula is C16H13F3N2. The van der Waals surface area contributed by atoms with E-state index in [0.29, 0.717) is 22.1 Å². The molecule has 0 bridgehead atoms. The molecule has 108 valence electrons. The van der Waals surface area contributed by atoms with E-state index < -0.39 is 11.7 Å². The van der Waals surface area contributed by atoms with E-state index in [9.17, 15) is 13.2 Å². The number of hydrogen-bond acceptors (Lipinski definition) is 2. The maximum Gasteiger partial charge on any atom is 0.417 e. The lowest BCUT2D eigenvalue weighted by Crippen LogP contribution is -2.09. The summed E-state index contributed by atoms with van der Waals surface area (Å²) in [4.78, 5) is 8.56. The molecule has 0 aliphatic heterocycles. The van der Waals surface area contributed by atoms with E-state index in [1.54, 1.807) is 24.3 Å². The predicted octanol–water partition coefficient (Wildman–Crippen LogP) is 4.93. The molecule has 0 radical (unpaired) electrons. The van der Waals surface area contributed by atoms with Crippen molar-refractivity contribution in [2.45, 2.75) is 25.9 Å². The van der Waals surface area contributed by atoms with Crippen LogP contribution < -0.4 is 0 Å². The number of nitrogens with zero attached hydrogens (tertiary/aromatic N) is 2. The molecule has 1 aromatic carbocycles. The van der Waals surface area contributed by atoms with Gasteiger partial charge in [-0.25, -0.2) is 0 Å². The highest BCUT2D eigenvalue weighted by molar-refractivity contribution is 6.04. The summed E-state index contributed by atoms with van der Waals surface area (Å²) in [6.07, 6.45) is -3.16. The Hall–Kier alpha value is -2.17. The zero-order chi connectivity index (χ0) is 15.2. The first-order chi connectivity index (χ1) is 9.88. The Kier molecular flexibility index (Phi) is 3.08. The molecule has 0 fully saturated rings. The average Bonchev–Trinajstić information content (AvgIpc) is 2.44. The van der Waals surface area contributed by atoms with Crippen LogP contribution in [0.15, 0.2) is 36.5 Å². The summed E-state index contributed by atoms with van der Waals surface area (Å²) >= 11 is 0. The summed E-state index contributed by atoms with van der Waals surface area (Å²) in [7, 11) is 0. The van der Waals surface area contributed by atoms with Crippen molar-refractivity contribution in [3.8, 4) is 0 Å². The molecule has 2 aromatic heterocycles. The number of halogens is 3. The predicted molar refractivity (Wildman–Crippen MR) is 76.1 cm³/mol. The van der Waals surface area contributed by atoms with Crippen LogP contribution in [0.2, 0.25) is 0 Å². The van der Waals surface area contributed by atoms with Crippen LogP contribution in [0.25, 0.3) is 21.8 Å². The molecule has 0 saturated carbocycles. The molecule has 5 heteroatoms. The summed E-state index contributed by atoms with van der Waals surface area (Å²) in [5.74, 6) is -0.0811. The van der Waals surface area contributed by atoms with Gasteiger partial charge in [0, 0.05) is 22.7 Å². The van der Waals surface area contributed by atoms with E-state index in [1.165, 1.54) is 6.20 Å². The Balaban J connectivity index is 2.49. The van der Waals surface area contributed by atoms with Crippen LogP contribution in [0.1, 0.15) is 31.0 Å². The molecule has 0 N–H and O–H groups in total. The number of aromatic nitrogens is 2. The van der Waals surface area contributed by atoms with Crippen molar-refractivity contribution in [1.29, 1.82) is 0 Å². The first kappa shape index (κ1) is 13.8. The third-order valence-electron chi connectivity index (χ3n) is 3.47. The monoisotopic (exact) mass is 290 g/mol. The van der Waals surface area contributed by atoms with Gasteiger partial charge in [-0.15, -0.1) is 0 Å². The lowest BCUT2D eigenvalue weighted by molar-refractivity contribution is -0.136. The Morgan fingerprint density at radius 2 is 1.76 bits per heavy atom. The molecule has 0 unspecified atom stereocenters.